The summed E-state index contributed by atoms with van der Waals surface area (Å²) in [6.45, 7) is -0.450. The maximum Gasteiger partial charge on any atom is 0.350 e. The molecule has 0 aliphatic carbocycles. The van der Waals surface area contributed by atoms with Gasteiger partial charge in [-0.1, -0.05) is 0 Å². The van der Waals surface area contributed by atoms with Crippen LogP contribution in [0.3, 0.4) is 0 Å². The SMILES string of the molecule is O=c1nc(NCCO)ccn1C[C@@H](CO)OCP(=O)(O)O. The molecule has 0 spiro atoms. The monoisotopic (exact) mass is 323 g/mol. The van der Waals surface area contributed by atoms with Gasteiger partial charge >= 0.3 is 13.3 Å². The molecule has 0 radical (unpaired) electrons. The summed E-state index contributed by atoms with van der Waals surface area (Å²) < 4.78 is 16.7. The van der Waals surface area contributed by atoms with Crippen LogP contribution in [0, 0.1) is 0 Å². The number of aliphatic hydroxyl groups is 2. The van der Waals surface area contributed by atoms with Crippen molar-refractivity contribution in [3.8, 4) is 0 Å². The van der Waals surface area contributed by atoms with E-state index < -0.39 is 32.3 Å². The topological polar surface area (TPSA) is 154 Å². The number of aliphatic hydroxyl groups excluding tert-OH is 2. The Balaban J connectivity index is 2.67. The first-order chi connectivity index (χ1) is 9.85. The third-order valence-electron chi connectivity index (χ3n) is 2.37. The third-order valence-corrected chi connectivity index (χ3v) is 2.86. The minimum absolute atomic E-state index is 0.0946. The molecule has 5 N–H and O–H groups in total. The van der Waals surface area contributed by atoms with Crippen molar-refractivity contribution in [2.45, 2.75) is 12.6 Å². The van der Waals surface area contributed by atoms with Crippen molar-refractivity contribution in [3.63, 3.8) is 0 Å². The second-order valence-corrected chi connectivity index (χ2v) is 5.75. The number of ether oxygens (including phenoxy) is 1. The summed E-state index contributed by atoms with van der Waals surface area (Å²) in [5.41, 5.74) is -0.615. The Kier molecular flexibility index (Phi) is 6.96. The number of hydrogen-bond acceptors (Lipinski definition) is 7. The predicted molar refractivity (Wildman–Crippen MR) is 72.9 cm³/mol. The lowest BCUT2D eigenvalue weighted by Crippen LogP contribution is -2.32. The highest BCUT2D eigenvalue weighted by Gasteiger charge is 2.18. The van der Waals surface area contributed by atoms with E-state index in [0.717, 1.165) is 4.57 Å². The third kappa shape index (κ3) is 6.80. The number of aromatic nitrogens is 2. The van der Waals surface area contributed by atoms with Crippen LogP contribution < -0.4 is 11.0 Å². The Labute approximate surface area is 120 Å². The number of rotatable bonds is 9. The van der Waals surface area contributed by atoms with E-state index >= 15 is 0 Å². The van der Waals surface area contributed by atoms with Crippen molar-refractivity contribution in [2.75, 3.05) is 31.4 Å². The first-order valence-corrected chi connectivity index (χ1v) is 7.84. The van der Waals surface area contributed by atoms with Gasteiger partial charge in [0.15, 0.2) is 0 Å². The molecule has 1 aromatic heterocycles. The molecule has 0 bridgehead atoms. The normalized spacial score (nSPS) is 13.1. The van der Waals surface area contributed by atoms with Crippen molar-refractivity contribution in [1.82, 2.24) is 9.55 Å². The molecule has 0 amide bonds. The standard InChI is InChI=1S/C10H18N3O7P/c14-4-2-11-9-1-3-13(10(16)12-9)5-8(6-15)20-7-21(17,18)19/h1,3,8,14-15H,2,4-7H2,(H,11,12,16)(H2,17,18,19)/t8-/m0/s1. The quantitative estimate of drug-likeness (QED) is 0.330. The Bertz CT molecular complexity index is 544. The summed E-state index contributed by atoms with van der Waals surface area (Å²) in [5, 5.41) is 20.5. The van der Waals surface area contributed by atoms with Gasteiger partial charge in [0, 0.05) is 12.7 Å². The Hall–Kier alpha value is -1.29. The zero-order chi connectivity index (χ0) is 15.9. The van der Waals surface area contributed by atoms with Crippen LogP contribution in [0.1, 0.15) is 0 Å². The maximum absolute atomic E-state index is 11.7. The second kappa shape index (κ2) is 8.23. The highest BCUT2D eigenvalue weighted by molar-refractivity contribution is 7.51. The minimum atomic E-state index is -4.34. The highest BCUT2D eigenvalue weighted by atomic mass is 31.2. The van der Waals surface area contributed by atoms with E-state index in [1.807, 2.05) is 0 Å². The highest BCUT2D eigenvalue weighted by Crippen LogP contribution is 2.34. The molecule has 120 valence electrons. The molecule has 0 fully saturated rings. The zero-order valence-corrected chi connectivity index (χ0v) is 12.0. The molecule has 0 saturated heterocycles. The minimum Gasteiger partial charge on any atom is -0.395 e. The molecule has 0 aliphatic heterocycles. The van der Waals surface area contributed by atoms with Crippen LogP contribution in [0.15, 0.2) is 17.1 Å². The van der Waals surface area contributed by atoms with E-state index in [1.54, 1.807) is 0 Å². The smallest absolute Gasteiger partial charge is 0.350 e. The van der Waals surface area contributed by atoms with Gasteiger partial charge in [-0.05, 0) is 6.07 Å². The van der Waals surface area contributed by atoms with Gasteiger partial charge in [-0.2, -0.15) is 4.98 Å². The van der Waals surface area contributed by atoms with Crippen molar-refractivity contribution >= 4 is 13.4 Å². The van der Waals surface area contributed by atoms with Gasteiger partial charge in [0.05, 0.1) is 25.9 Å². The molecule has 0 saturated carbocycles. The molecule has 1 rings (SSSR count). The average molecular weight is 323 g/mol. The van der Waals surface area contributed by atoms with Crippen molar-refractivity contribution in [3.05, 3.63) is 22.7 Å². The zero-order valence-electron chi connectivity index (χ0n) is 11.1. The molecule has 0 aromatic carbocycles. The van der Waals surface area contributed by atoms with Gasteiger partial charge in [0.2, 0.25) is 0 Å². The molecule has 0 unspecified atom stereocenters. The number of anilines is 1. The Morgan fingerprint density at radius 2 is 2.14 bits per heavy atom. The van der Waals surface area contributed by atoms with Gasteiger partial charge in [-0.15, -0.1) is 0 Å². The molecular weight excluding hydrogens is 305 g/mol. The summed E-state index contributed by atoms with van der Waals surface area (Å²) in [5.74, 6) is 0.294. The first kappa shape index (κ1) is 17.8. The largest absolute Gasteiger partial charge is 0.395 e. The van der Waals surface area contributed by atoms with Crippen LogP contribution >= 0.6 is 7.60 Å². The lowest BCUT2D eigenvalue weighted by atomic mass is 10.3. The summed E-state index contributed by atoms with van der Waals surface area (Å²) in [7, 11) is -4.34. The summed E-state index contributed by atoms with van der Waals surface area (Å²) in [6, 6.07) is 1.49. The van der Waals surface area contributed by atoms with E-state index in [4.69, 9.17) is 24.7 Å². The molecule has 1 aromatic rings. The van der Waals surface area contributed by atoms with Crippen LogP contribution in [0.4, 0.5) is 5.82 Å². The summed E-state index contributed by atoms with van der Waals surface area (Å²) in [4.78, 5) is 32.8. The molecule has 10 nitrogen and oxygen atoms in total. The fourth-order valence-electron chi connectivity index (χ4n) is 1.44. The van der Waals surface area contributed by atoms with Gasteiger partial charge in [0.1, 0.15) is 12.2 Å². The first-order valence-electron chi connectivity index (χ1n) is 6.05. The van der Waals surface area contributed by atoms with E-state index in [2.05, 4.69) is 10.3 Å². The Morgan fingerprint density at radius 1 is 1.43 bits per heavy atom. The van der Waals surface area contributed by atoms with Crippen LogP contribution in [0.25, 0.3) is 0 Å². The predicted octanol–water partition coefficient (Wildman–Crippen LogP) is -1.84. The molecule has 21 heavy (non-hydrogen) atoms. The van der Waals surface area contributed by atoms with E-state index in [9.17, 15) is 9.36 Å². The van der Waals surface area contributed by atoms with Crippen molar-refractivity contribution in [1.29, 1.82) is 0 Å². The van der Waals surface area contributed by atoms with Gasteiger partial charge in [-0.3, -0.25) is 9.13 Å². The average Bonchev–Trinajstić information content (AvgIpc) is 2.42. The van der Waals surface area contributed by atoms with Crippen LogP contribution in [-0.2, 0) is 15.8 Å². The lowest BCUT2D eigenvalue weighted by molar-refractivity contribution is 0.0188. The van der Waals surface area contributed by atoms with E-state index in [1.165, 1.54) is 12.3 Å². The number of nitrogens with zero attached hydrogens (tertiary/aromatic N) is 2. The van der Waals surface area contributed by atoms with Gasteiger partial charge in [-0.25, -0.2) is 4.79 Å². The van der Waals surface area contributed by atoms with Crippen LogP contribution in [-0.4, -0.2) is 61.8 Å². The van der Waals surface area contributed by atoms with Gasteiger partial charge in [0.25, 0.3) is 0 Å². The molecular formula is C10H18N3O7P. The fraction of sp³-hybridized carbons (Fsp3) is 0.600. The fourth-order valence-corrected chi connectivity index (χ4v) is 1.84. The number of nitrogens with one attached hydrogen (secondary N) is 1. The van der Waals surface area contributed by atoms with E-state index in [-0.39, 0.29) is 19.7 Å². The lowest BCUT2D eigenvalue weighted by Gasteiger charge is -2.17. The number of hydrogen-bond donors (Lipinski definition) is 5. The second-order valence-electron chi connectivity index (χ2n) is 4.16. The Morgan fingerprint density at radius 3 is 2.67 bits per heavy atom. The van der Waals surface area contributed by atoms with Crippen molar-refractivity contribution < 1.29 is 29.3 Å². The maximum atomic E-state index is 11.7. The molecule has 1 atom stereocenters. The van der Waals surface area contributed by atoms with Gasteiger partial charge < -0.3 is 30.1 Å². The van der Waals surface area contributed by atoms with Crippen molar-refractivity contribution in [2.24, 2.45) is 0 Å². The van der Waals surface area contributed by atoms with E-state index in [0.29, 0.717) is 5.82 Å². The molecule has 0 aliphatic rings. The molecule has 1 heterocycles. The summed E-state index contributed by atoms with van der Waals surface area (Å²) >= 11 is 0. The van der Waals surface area contributed by atoms with Crippen LogP contribution in [0.2, 0.25) is 0 Å². The summed E-state index contributed by atoms with van der Waals surface area (Å²) in [6.07, 6.45) is -0.372. The van der Waals surface area contributed by atoms with Crippen LogP contribution in [0.5, 0.6) is 0 Å². The molecule has 11 heteroatoms.